The smallest absolute Gasteiger partial charge is 0.0740 e. The molecule has 0 aliphatic rings. The van der Waals surface area contributed by atoms with E-state index in [4.69, 9.17) is 0 Å². The molecule has 0 unspecified atom stereocenters. The molecule has 3 rings (SSSR count). The maximum Gasteiger partial charge on any atom is 0.0740 e. The average molecular weight is 403 g/mol. The first kappa shape index (κ1) is 14.3. The fraction of sp³-hybridized carbons (Fsp3) is 0.250. The van der Waals surface area contributed by atoms with Gasteiger partial charge in [-0.15, -0.1) is 0 Å². The van der Waals surface area contributed by atoms with E-state index in [-0.39, 0.29) is 5.54 Å². The third-order valence-electron chi connectivity index (χ3n) is 3.58. The fourth-order valence-corrected chi connectivity index (χ4v) is 4.20. The minimum absolute atomic E-state index is 0.0220. The first-order valence-corrected chi connectivity index (χ1v) is 8.59. The van der Waals surface area contributed by atoms with Crippen LogP contribution in [0.2, 0.25) is 0 Å². The summed E-state index contributed by atoms with van der Waals surface area (Å²) in [4.78, 5) is 0. The number of benzene rings is 2. The van der Waals surface area contributed by atoms with Crippen molar-refractivity contribution in [2.45, 2.75) is 26.3 Å². The van der Waals surface area contributed by atoms with Crippen LogP contribution in [0.25, 0.3) is 21.8 Å². The van der Waals surface area contributed by atoms with Crippen molar-refractivity contribution in [2.75, 3.05) is 0 Å². The molecule has 20 heavy (non-hydrogen) atoms. The summed E-state index contributed by atoms with van der Waals surface area (Å²) in [6.07, 6.45) is 0. The van der Waals surface area contributed by atoms with Gasteiger partial charge in [-0.2, -0.15) is 0 Å². The van der Waals surface area contributed by atoms with Crippen molar-refractivity contribution in [3.63, 3.8) is 0 Å². The van der Waals surface area contributed by atoms with E-state index < -0.39 is 0 Å². The number of nitrogens with zero attached hydrogens (tertiary/aromatic N) is 1. The van der Waals surface area contributed by atoms with Gasteiger partial charge in [0.05, 0.1) is 20.5 Å². The molecule has 0 atom stereocenters. The molecule has 3 aromatic rings. The molecule has 6 radical (unpaired) electrons. The highest BCUT2D eigenvalue weighted by Gasteiger charge is 2.22. The number of hydrogen-bond acceptors (Lipinski definition) is 0. The summed E-state index contributed by atoms with van der Waals surface area (Å²) in [5, 5.41) is 4.84. The van der Waals surface area contributed by atoms with Crippen molar-refractivity contribution in [1.82, 2.24) is 4.57 Å². The predicted molar refractivity (Wildman–Crippen MR) is 97.9 cm³/mol. The normalized spacial score (nSPS) is 12.5. The van der Waals surface area contributed by atoms with E-state index in [1.165, 1.54) is 25.4 Å². The Balaban J connectivity index is 2.67. The van der Waals surface area contributed by atoms with Gasteiger partial charge in [-0.05, 0) is 60.7 Å². The van der Waals surface area contributed by atoms with Crippen molar-refractivity contribution in [3.05, 3.63) is 33.9 Å². The van der Waals surface area contributed by atoms with Crippen LogP contribution >= 0.6 is 22.6 Å². The molecular formula is C16H14INSi2. The Hall–Kier alpha value is -0.596. The zero-order chi connectivity index (χ0) is 14.7. The first-order chi connectivity index (χ1) is 9.32. The molecule has 1 nitrogen and oxygen atoms in total. The molecule has 0 aliphatic carbocycles. The minimum atomic E-state index is 0.0220. The summed E-state index contributed by atoms with van der Waals surface area (Å²) < 4.78 is 3.63. The van der Waals surface area contributed by atoms with Crippen LogP contribution in [0.1, 0.15) is 20.8 Å². The van der Waals surface area contributed by atoms with E-state index in [0.717, 1.165) is 10.4 Å². The molecule has 0 amide bonds. The van der Waals surface area contributed by atoms with E-state index in [0.29, 0.717) is 0 Å². The molecular weight excluding hydrogens is 389 g/mol. The lowest BCUT2D eigenvalue weighted by molar-refractivity contribution is 0.424. The molecule has 0 bridgehead atoms. The number of rotatable bonds is 0. The van der Waals surface area contributed by atoms with Crippen LogP contribution in [-0.2, 0) is 5.54 Å². The Bertz CT molecular complexity index is 828. The molecule has 0 spiro atoms. The Morgan fingerprint density at radius 3 is 2.30 bits per heavy atom. The second-order valence-corrected chi connectivity index (χ2v) is 8.19. The van der Waals surface area contributed by atoms with Gasteiger partial charge < -0.3 is 4.57 Å². The summed E-state index contributed by atoms with van der Waals surface area (Å²) in [5.74, 6) is 0. The molecule has 2 aromatic carbocycles. The highest BCUT2D eigenvalue weighted by Crippen LogP contribution is 2.33. The van der Waals surface area contributed by atoms with Gasteiger partial charge in [0.1, 0.15) is 0 Å². The number of aromatic nitrogens is 1. The summed E-state index contributed by atoms with van der Waals surface area (Å²) in [7, 11) is 7.58. The molecule has 98 valence electrons. The van der Waals surface area contributed by atoms with Crippen LogP contribution in [0.15, 0.2) is 30.3 Å². The standard InChI is InChI=1S/C16H14INSi2/c1-16(2,3)18-12-7-5-4-6-9(12)10-8-11(17)14(19)15(20)13(10)18/h4-8H,1-3H3. The van der Waals surface area contributed by atoms with Gasteiger partial charge in [0.2, 0.25) is 0 Å². The number of halogens is 1. The minimum Gasteiger partial charge on any atom is -0.335 e. The van der Waals surface area contributed by atoms with E-state index in [1.807, 2.05) is 0 Å². The van der Waals surface area contributed by atoms with Gasteiger partial charge in [0.25, 0.3) is 0 Å². The van der Waals surface area contributed by atoms with Crippen molar-refractivity contribution in [3.8, 4) is 0 Å². The monoisotopic (exact) mass is 403 g/mol. The lowest BCUT2D eigenvalue weighted by Crippen LogP contribution is -2.33. The third-order valence-corrected chi connectivity index (χ3v) is 6.20. The Morgan fingerprint density at radius 1 is 1.00 bits per heavy atom. The number of fused-ring (bicyclic) bond motifs is 3. The van der Waals surface area contributed by atoms with Gasteiger partial charge in [-0.3, -0.25) is 0 Å². The van der Waals surface area contributed by atoms with E-state index in [9.17, 15) is 0 Å². The van der Waals surface area contributed by atoms with Crippen LogP contribution in [-0.4, -0.2) is 25.1 Å². The predicted octanol–water partition coefficient (Wildman–Crippen LogP) is 2.74. The van der Waals surface area contributed by atoms with E-state index >= 15 is 0 Å². The largest absolute Gasteiger partial charge is 0.335 e. The average Bonchev–Trinajstić information content (AvgIpc) is 2.71. The van der Waals surface area contributed by atoms with Crippen LogP contribution in [0, 0.1) is 3.57 Å². The quantitative estimate of drug-likeness (QED) is 0.402. The van der Waals surface area contributed by atoms with Gasteiger partial charge in [0.15, 0.2) is 0 Å². The maximum atomic E-state index is 3.84. The lowest BCUT2D eigenvalue weighted by Gasteiger charge is -2.25. The third kappa shape index (κ3) is 2.00. The first-order valence-electron chi connectivity index (χ1n) is 6.51. The van der Waals surface area contributed by atoms with E-state index in [2.05, 4.69) is 98.7 Å². The van der Waals surface area contributed by atoms with Crippen molar-refractivity contribution in [2.24, 2.45) is 0 Å². The number of hydrogen-bond donors (Lipinski definition) is 0. The van der Waals surface area contributed by atoms with Gasteiger partial charge in [-0.1, -0.05) is 23.4 Å². The molecule has 0 aliphatic heterocycles. The van der Waals surface area contributed by atoms with E-state index in [1.54, 1.807) is 0 Å². The maximum absolute atomic E-state index is 3.84. The summed E-state index contributed by atoms with van der Waals surface area (Å²) >= 11 is 2.37. The van der Waals surface area contributed by atoms with Crippen LogP contribution < -0.4 is 10.4 Å². The molecule has 1 aromatic heterocycles. The lowest BCUT2D eigenvalue weighted by atomic mass is 10.1. The fourth-order valence-electron chi connectivity index (χ4n) is 2.79. The summed E-state index contributed by atoms with van der Waals surface area (Å²) in [5.41, 5.74) is 2.55. The van der Waals surface area contributed by atoms with Gasteiger partial charge in [-0.25, -0.2) is 0 Å². The second kappa shape index (κ2) is 4.71. The summed E-state index contributed by atoms with van der Waals surface area (Å²) in [6.45, 7) is 6.74. The van der Waals surface area contributed by atoms with Crippen LogP contribution in [0.5, 0.6) is 0 Å². The van der Waals surface area contributed by atoms with Crippen molar-refractivity contribution in [1.29, 1.82) is 0 Å². The van der Waals surface area contributed by atoms with Crippen molar-refractivity contribution < 1.29 is 0 Å². The highest BCUT2D eigenvalue weighted by atomic mass is 127. The van der Waals surface area contributed by atoms with Crippen LogP contribution in [0.4, 0.5) is 0 Å². The second-order valence-electron chi connectivity index (χ2n) is 6.03. The van der Waals surface area contributed by atoms with Crippen molar-refractivity contribution >= 4 is 75.3 Å². The van der Waals surface area contributed by atoms with Gasteiger partial charge in [0, 0.05) is 30.9 Å². The SMILES string of the molecule is CC(C)(C)n1c2ccccc2c2cc(I)c([Si])c([Si])c21. The summed E-state index contributed by atoms with van der Waals surface area (Å²) in [6, 6.07) is 10.9. The Morgan fingerprint density at radius 2 is 1.65 bits per heavy atom. The Kier molecular flexibility index (Phi) is 3.38. The molecule has 0 N–H and O–H groups in total. The molecule has 1 heterocycles. The topological polar surface area (TPSA) is 4.93 Å². The van der Waals surface area contributed by atoms with Gasteiger partial charge >= 0.3 is 0 Å². The molecule has 0 fully saturated rings. The van der Waals surface area contributed by atoms with Crippen LogP contribution in [0.3, 0.4) is 0 Å². The zero-order valence-corrected chi connectivity index (χ0v) is 15.9. The highest BCUT2D eigenvalue weighted by molar-refractivity contribution is 14.1. The molecule has 0 saturated heterocycles. The Labute approximate surface area is 139 Å². The molecule has 4 heteroatoms. The zero-order valence-electron chi connectivity index (χ0n) is 11.7. The molecule has 0 saturated carbocycles. The number of para-hydroxylation sites is 1.